The van der Waals surface area contributed by atoms with Crippen LogP contribution in [0.15, 0.2) is 84.0 Å². The first-order valence-electron chi connectivity index (χ1n) is 10.1. The van der Waals surface area contributed by atoms with Crippen molar-refractivity contribution in [3.63, 3.8) is 0 Å². The molecule has 31 heavy (non-hydrogen) atoms. The van der Waals surface area contributed by atoms with Crippen molar-refractivity contribution in [2.45, 2.75) is 6.54 Å². The van der Waals surface area contributed by atoms with E-state index in [0.717, 1.165) is 33.4 Å². The number of anilines is 1. The number of fused-ring (bicyclic) bond motifs is 1. The summed E-state index contributed by atoms with van der Waals surface area (Å²) in [7, 11) is 5.44. The molecule has 0 aliphatic carbocycles. The number of aromatic nitrogens is 1. The first kappa shape index (κ1) is 20.4. The minimum atomic E-state index is -0.327. The Kier molecular flexibility index (Phi) is 5.85. The number of para-hydroxylation sites is 1. The third kappa shape index (κ3) is 4.51. The Morgan fingerprint density at radius 1 is 1.03 bits per heavy atom. The van der Waals surface area contributed by atoms with Crippen LogP contribution in [-0.4, -0.2) is 38.0 Å². The van der Waals surface area contributed by atoms with Crippen LogP contribution in [-0.2, 0) is 11.3 Å². The third-order valence-electron chi connectivity index (χ3n) is 5.24. The van der Waals surface area contributed by atoms with Gasteiger partial charge < -0.3 is 14.2 Å². The number of carbonyl (C=O) groups excluding carboxylic acids is 1. The molecule has 0 radical (unpaired) electrons. The average molecular weight is 412 g/mol. The molecule has 0 spiro atoms. The highest BCUT2D eigenvalue weighted by atomic mass is 16.5. The maximum atomic E-state index is 11.9. The van der Waals surface area contributed by atoms with Gasteiger partial charge in [-0.25, -0.2) is 4.79 Å². The molecule has 0 fully saturated rings. The molecule has 0 aliphatic heterocycles. The van der Waals surface area contributed by atoms with E-state index in [1.54, 1.807) is 6.07 Å². The molecule has 0 N–H and O–H groups in total. The summed E-state index contributed by atoms with van der Waals surface area (Å²) >= 11 is 0. The minimum Gasteiger partial charge on any atom is -0.465 e. The Morgan fingerprint density at radius 3 is 2.55 bits per heavy atom. The summed E-state index contributed by atoms with van der Waals surface area (Å²) < 4.78 is 7.03. The van der Waals surface area contributed by atoms with Crippen molar-refractivity contribution < 1.29 is 9.53 Å². The lowest BCUT2D eigenvalue weighted by Crippen LogP contribution is -2.07. The molecule has 0 saturated carbocycles. The van der Waals surface area contributed by atoms with Crippen LogP contribution in [0, 0.1) is 0 Å². The van der Waals surface area contributed by atoms with E-state index in [4.69, 9.17) is 4.74 Å². The van der Waals surface area contributed by atoms with Gasteiger partial charge in [0.1, 0.15) is 0 Å². The summed E-state index contributed by atoms with van der Waals surface area (Å²) in [5, 5.41) is 1.14. The number of ether oxygens (including phenoxy) is 1. The smallest absolute Gasteiger partial charge is 0.337 e. The van der Waals surface area contributed by atoms with Gasteiger partial charge in [-0.3, -0.25) is 4.99 Å². The molecule has 1 aromatic heterocycles. The summed E-state index contributed by atoms with van der Waals surface area (Å²) in [6, 6.07) is 24.0. The number of rotatable bonds is 6. The maximum Gasteiger partial charge on any atom is 0.337 e. The zero-order valence-corrected chi connectivity index (χ0v) is 17.9. The minimum absolute atomic E-state index is 0.327. The molecule has 5 nitrogen and oxygen atoms in total. The normalized spacial score (nSPS) is 11.2. The number of benzene rings is 3. The van der Waals surface area contributed by atoms with E-state index in [2.05, 4.69) is 44.9 Å². The number of nitrogens with zero attached hydrogens (tertiary/aromatic N) is 3. The quantitative estimate of drug-likeness (QED) is 0.320. The van der Waals surface area contributed by atoms with E-state index >= 15 is 0 Å². The van der Waals surface area contributed by atoms with Gasteiger partial charge in [-0.1, -0.05) is 30.3 Å². The molecule has 0 aliphatic rings. The number of esters is 1. The van der Waals surface area contributed by atoms with Gasteiger partial charge in [0.15, 0.2) is 0 Å². The summed E-state index contributed by atoms with van der Waals surface area (Å²) in [6.45, 7) is 0.650. The number of carbonyl (C=O) groups is 1. The lowest BCUT2D eigenvalue weighted by molar-refractivity contribution is 0.0600. The van der Waals surface area contributed by atoms with Gasteiger partial charge in [-0.2, -0.15) is 0 Å². The van der Waals surface area contributed by atoms with Crippen LogP contribution >= 0.6 is 0 Å². The lowest BCUT2D eigenvalue weighted by atomic mass is 10.1. The SMILES string of the molecule is COC(=O)c1cccc(Cn2cc(C=Nc3ccc(N(C)C)cc3)c3ccccc32)c1. The zero-order chi connectivity index (χ0) is 21.8. The Labute approximate surface area is 182 Å². The van der Waals surface area contributed by atoms with Crippen LogP contribution in [0.2, 0.25) is 0 Å². The topological polar surface area (TPSA) is 46.8 Å². The van der Waals surface area contributed by atoms with Crippen molar-refractivity contribution in [2.75, 3.05) is 26.1 Å². The first-order chi connectivity index (χ1) is 15.0. The van der Waals surface area contributed by atoms with Crippen molar-refractivity contribution in [1.29, 1.82) is 0 Å². The molecule has 4 aromatic rings. The monoisotopic (exact) mass is 411 g/mol. The molecule has 1 heterocycles. The third-order valence-corrected chi connectivity index (χ3v) is 5.24. The fourth-order valence-corrected chi connectivity index (χ4v) is 3.60. The summed E-state index contributed by atoms with van der Waals surface area (Å²) in [5.41, 5.74) is 5.82. The van der Waals surface area contributed by atoms with Gasteiger partial charge in [-0.05, 0) is 48.0 Å². The van der Waals surface area contributed by atoms with Crippen LogP contribution in [0.4, 0.5) is 11.4 Å². The van der Waals surface area contributed by atoms with Crippen LogP contribution in [0.1, 0.15) is 21.5 Å². The standard InChI is InChI=1S/C26H25N3O2/c1-28(2)23-13-11-22(12-14-23)27-16-21-18-29(25-10-5-4-9-24(21)25)17-19-7-6-8-20(15-19)26(30)31-3/h4-16,18H,17H2,1-3H3. The lowest BCUT2D eigenvalue weighted by Gasteiger charge is -2.11. The Morgan fingerprint density at radius 2 is 1.81 bits per heavy atom. The van der Waals surface area contributed by atoms with E-state index in [-0.39, 0.29) is 5.97 Å². The van der Waals surface area contributed by atoms with E-state index in [0.29, 0.717) is 12.1 Å². The van der Waals surface area contributed by atoms with Crippen LogP contribution < -0.4 is 4.90 Å². The molecule has 0 atom stereocenters. The van der Waals surface area contributed by atoms with Gasteiger partial charge in [0.25, 0.3) is 0 Å². The van der Waals surface area contributed by atoms with Gasteiger partial charge in [0, 0.05) is 55.2 Å². The molecular formula is C26H25N3O2. The molecule has 156 valence electrons. The maximum absolute atomic E-state index is 11.9. The Bertz CT molecular complexity index is 1240. The molecule has 0 amide bonds. The summed E-state index contributed by atoms with van der Waals surface area (Å²) in [5.74, 6) is -0.327. The number of hydrogen-bond donors (Lipinski definition) is 0. The second-order valence-electron chi connectivity index (χ2n) is 7.59. The largest absolute Gasteiger partial charge is 0.465 e. The molecule has 0 unspecified atom stereocenters. The highest BCUT2D eigenvalue weighted by Gasteiger charge is 2.09. The van der Waals surface area contributed by atoms with Crippen molar-refractivity contribution in [1.82, 2.24) is 4.57 Å². The van der Waals surface area contributed by atoms with Gasteiger partial charge in [0.05, 0.1) is 18.4 Å². The van der Waals surface area contributed by atoms with Gasteiger partial charge in [-0.15, -0.1) is 0 Å². The zero-order valence-electron chi connectivity index (χ0n) is 17.9. The second-order valence-corrected chi connectivity index (χ2v) is 7.59. The van der Waals surface area contributed by atoms with E-state index < -0.39 is 0 Å². The average Bonchev–Trinajstić information content (AvgIpc) is 3.15. The highest BCUT2D eigenvalue weighted by molar-refractivity contribution is 6.00. The number of methoxy groups -OCH3 is 1. The van der Waals surface area contributed by atoms with Crippen LogP contribution in [0.3, 0.4) is 0 Å². The first-order valence-corrected chi connectivity index (χ1v) is 10.1. The second kappa shape index (κ2) is 8.88. The highest BCUT2D eigenvalue weighted by Crippen LogP contribution is 2.23. The van der Waals surface area contributed by atoms with Crippen molar-refractivity contribution in [2.24, 2.45) is 4.99 Å². The Balaban J connectivity index is 1.64. The molecule has 0 saturated heterocycles. The fraction of sp³-hybridized carbons (Fsp3) is 0.154. The van der Waals surface area contributed by atoms with Gasteiger partial charge in [0.2, 0.25) is 0 Å². The number of hydrogen-bond acceptors (Lipinski definition) is 4. The summed E-state index contributed by atoms with van der Waals surface area (Å²) in [6.07, 6.45) is 4.02. The van der Waals surface area contributed by atoms with Crippen molar-refractivity contribution in [3.05, 3.63) is 95.7 Å². The molecule has 5 heteroatoms. The van der Waals surface area contributed by atoms with E-state index in [9.17, 15) is 4.79 Å². The Hall–Kier alpha value is -3.86. The fourth-order valence-electron chi connectivity index (χ4n) is 3.60. The van der Waals surface area contributed by atoms with E-state index in [1.165, 1.54) is 7.11 Å². The van der Waals surface area contributed by atoms with Crippen molar-refractivity contribution >= 4 is 34.5 Å². The molecule has 3 aromatic carbocycles. The summed E-state index contributed by atoms with van der Waals surface area (Å²) in [4.78, 5) is 18.6. The molecular weight excluding hydrogens is 386 g/mol. The van der Waals surface area contributed by atoms with Crippen LogP contribution in [0.25, 0.3) is 10.9 Å². The van der Waals surface area contributed by atoms with Crippen molar-refractivity contribution in [3.8, 4) is 0 Å². The van der Waals surface area contributed by atoms with Crippen LogP contribution in [0.5, 0.6) is 0 Å². The number of aliphatic imine (C=N–C) groups is 1. The molecule has 4 rings (SSSR count). The predicted molar refractivity (Wildman–Crippen MR) is 127 cm³/mol. The van der Waals surface area contributed by atoms with Gasteiger partial charge >= 0.3 is 5.97 Å². The predicted octanol–water partition coefficient (Wildman–Crippen LogP) is 5.29. The van der Waals surface area contributed by atoms with E-state index in [1.807, 2.05) is 62.8 Å². The molecule has 0 bridgehead atoms.